The molecule has 0 radical (unpaired) electrons. The Kier molecular flexibility index (Phi) is 16.4. The van der Waals surface area contributed by atoms with Crippen LogP contribution in [0.5, 0.6) is 0 Å². The number of Topliss-reactive ketones (excluding diaryl/α,β-unsaturated/α-hetero) is 1. The van der Waals surface area contributed by atoms with E-state index in [-0.39, 0.29) is 29.6 Å². The first-order valence-corrected chi connectivity index (χ1v) is 25.5. The van der Waals surface area contributed by atoms with Gasteiger partial charge < -0.3 is 67.4 Å². The van der Waals surface area contributed by atoms with E-state index in [0.29, 0.717) is 51.4 Å². The van der Waals surface area contributed by atoms with Gasteiger partial charge in [0.15, 0.2) is 18.9 Å². The molecule has 392 valence electrons. The predicted molar refractivity (Wildman–Crippen MR) is 250 cm³/mol. The quantitative estimate of drug-likeness (QED) is 0.126. The minimum atomic E-state index is -1.35. The molecule has 23 atom stereocenters. The van der Waals surface area contributed by atoms with Crippen molar-refractivity contribution < 1.29 is 81.8 Å². The smallest absolute Gasteiger partial charge is 0.331 e. The molecule has 3 saturated heterocycles. The monoisotopic (exact) mass is 987 g/mol. The molecule has 0 aromatic heterocycles. The number of rotatable bonds is 14. The highest BCUT2D eigenvalue weighted by molar-refractivity contribution is 5.87. The number of ether oxygens (including phenoxy) is 11. The molecule has 7 aliphatic rings. The van der Waals surface area contributed by atoms with Crippen LogP contribution in [0.3, 0.4) is 0 Å². The van der Waals surface area contributed by atoms with Crippen molar-refractivity contribution in [2.24, 2.45) is 34.5 Å². The second kappa shape index (κ2) is 21.5. The summed E-state index contributed by atoms with van der Waals surface area (Å²) in [5.74, 6) is -2.40. The Balaban J connectivity index is 0.935. The summed E-state index contributed by atoms with van der Waals surface area (Å²) in [6, 6.07) is 9.38. The maximum atomic E-state index is 13.8. The molecular weight excluding hydrogens is 909 g/mol. The molecule has 70 heavy (non-hydrogen) atoms. The maximum absolute atomic E-state index is 13.8. The standard InChI is InChI=1S/C53H78O17/c1-27(54)35-21-23-53(59)36-18-17-33-24-34(20-22-51(33,6)42(36)47(66-31(5)55)49(52(35,53)7)68-39(56)19-16-32-14-12-11-13-15-32)67-40-25-37(60-8)45(29(3)63-40)69-41-26-38(61-9)46(30(4)64-41)70-50-44(58)48(62-10)43(57)28(2)65-50/h11-16,19,28-30,33-38,40-50,57-59H,17-18,20-26H2,1-10H3. The molecule has 17 nitrogen and oxygen atoms in total. The average Bonchev–Trinajstić information content (AvgIpc) is 3.61. The zero-order chi connectivity index (χ0) is 50.4. The van der Waals surface area contributed by atoms with Gasteiger partial charge in [-0.15, -0.1) is 0 Å². The van der Waals surface area contributed by atoms with Gasteiger partial charge in [0.25, 0.3) is 0 Å². The lowest BCUT2D eigenvalue weighted by molar-refractivity contribution is -0.352. The van der Waals surface area contributed by atoms with Crippen molar-refractivity contribution in [2.45, 2.75) is 210 Å². The van der Waals surface area contributed by atoms with Crippen LogP contribution in [-0.2, 0) is 66.5 Å². The van der Waals surface area contributed by atoms with Crippen LogP contribution in [-0.4, -0.2) is 158 Å². The highest BCUT2D eigenvalue weighted by Gasteiger charge is 2.76. The number of carbonyl (C=O) groups excluding carboxylic acids is 3. The molecule has 23 unspecified atom stereocenters. The molecule has 3 heterocycles. The van der Waals surface area contributed by atoms with Crippen LogP contribution in [0.25, 0.3) is 6.08 Å². The zero-order valence-electron chi connectivity index (χ0n) is 42.5. The summed E-state index contributed by atoms with van der Waals surface area (Å²) in [5.41, 5.74) is -2.19. The topological polar surface area (TPSA) is 213 Å². The van der Waals surface area contributed by atoms with Crippen molar-refractivity contribution in [2.75, 3.05) is 21.3 Å². The number of aliphatic hydroxyl groups excluding tert-OH is 2. The summed E-state index contributed by atoms with van der Waals surface area (Å²) in [7, 11) is 4.64. The molecular formula is C53H78O17. The number of fused-ring (bicyclic) bond motifs is 5. The number of methoxy groups -OCH3 is 3. The fourth-order valence-electron chi connectivity index (χ4n) is 14.3. The Bertz CT molecular complexity index is 2000. The van der Waals surface area contributed by atoms with Gasteiger partial charge in [-0.1, -0.05) is 44.2 Å². The van der Waals surface area contributed by atoms with Gasteiger partial charge in [-0.3, -0.25) is 9.59 Å². The maximum Gasteiger partial charge on any atom is 0.331 e. The summed E-state index contributed by atoms with van der Waals surface area (Å²) >= 11 is 0. The van der Waals surface area contributed by atoms with Crippen molar-refractivity contribution in [3.8, 4) is 0 Å². The predicted octanol–water partition coefficient (Wildman–Crippen LogP) is 5.06. The lowest BCUT2D eigenvalue weighted by atomic mass is 9.41. The molecule has 3 N–H and O–H groups in total. The minimum Gasteiger partial charge on any atom is -0.458 e. The van der Waals surface area contributed by atoms with E-state index in [1.165, 1.54) is 27.0 Å². The van der Waals surface area contributed by atoms with Crippen LogP contribution < -0.4 is 0 Å². The summed E-state index contributed by atoms with van der Waals surface area (Å²) in [6.45, 7) is 12.4. The lowest BCUT2D eigenvalue weighted by Gasteiger charge is -2.66. The van der Waals surface area contributed by atoms with Crippen LogP contribution in [0, 0.1) is 34.5 Å². The van der Waals surface area contributed by atoms with Crippen molar-refractivity contribution >= 4 is 23.8 Å². The van der Waals surface area contributed by atoms with Gasteiger partial charge in [0.1, 0.15) is 48.5 Å². The van der Waals surface area contributed by atoms with E-state index in [1.807, 2.05) is 51.1 Å². The van der Waals surface area contributed by atoms with Crippen LogP contribution in [0.4, 0.5) is 0 Å². The molecule has 1 aromatic rings. The molecule has 8 rings (SSSR count). The molecule has 0 amide bonds. The Morgan fingerprint density at radius 3 is 1.96 bits per heavy atom. The molecule has 17 heteroatoms. The van der Waals surface area contributed by atoms with Crippen LogP contribution >= 0.6 is 0 Å². The van der Waals surface area contributed by atoms with Crippen LogP contribution in [0.1, 0.15) is 112 Å². The van der Waals surface area contributed by atoms with E-state index >= 15 is 0 Å². The average molecular weight is 987 g/mol. The third-order valence-electron chi connectivity index (χ3n) is 17.9. The first-order valence-electron chi connectivity index (χ1n) is 25.5. The van der Waals surface area contributed by atoms with Crippen molar-refractivity contribution in [3.05, 3.63) is 42.0 Å². The number of hydrogen-bond donors (Lipinski definition) is 3. The van der Waals surface area contributed by atoms with Crippen molar-refractivity contribution in [1.29, 1.82) is 0 Å². The summed E-state index contributed by atoms with van der Waals surface area (Å²) in [4.78, 5) is 40.4. The fraction of sp³-hybridized carbons (Fsp3) is 0.792. The number of carbonyl (C=O) groups is 3. The van der Waals surface area contributed by atoms with E-state index in [0.717, 1.165) is 12.0 Å². The summed E-state index contributed by atoms with van der Waals surface area (Å²) < 4.78 is 68.5. The van der Waals surface area contributed by atoms with Gasteiger partial charge in [0.2, 0.25) is 0 Å². The lowest BCUT2D eigenvalue weighted by Crippen LogP contribution is -2.73. The van der Waals surface area contributed by atoms with E-state index in [2.05, 4.69) is 6.92 Å². The molecule has 1 aromatic carbocycles. The molecule has 0 bridgehead atoms. The van der Waals surface area contributed by atoms with Crippen molar-refractivity contribution in [3.63, 3.8) is 0 Å². The zero-order valence-corrected chi connectivity index (χ0v) is 42.5. The highest BCUT2D eigenvalue weighted by atomic mass is 16.8. The number of hydrogen-bond acceptors (Lipinski definition) is 17. The SMILES string of the molecule is COC1CC(OC2CCC3(C)C(CCC4C3C(OC(C)=O)C(OC(=O)C=Cc3ccccc3)C3(C)C(C(C)=O)CCC43O)C2)OC(C)C1OC1CC(OC)C(OC2OC(C)C(O)C(OC)C2O)C(C)O1. The van der Waals surface area contributed by atoms with Gasteiger partial charge in [0, 0.05) is 64.4 Å². The van der Waals surface area contributed by atoms with Crippen LogP contribution in [0.2, 0.25) is 0 Å². The third-order valence-corrected chi connectivity index (χ3v) is 17.9. The number of ketones is 1. The first kappa shape index (κ1) is 53.4. The second-order valence-corrected chi connectivity index (χ2v) is 21.7. The second-order valence-electron chi connectivity index (χ2n) is 21.7. The van der Waals surface area contributed by atoms with Gasteiger partial charge in [0.05, 0.1) is 42.2 Å². The minimum absolute atomic E-state index is 0.0903. The molecule has 7 fully saturated rings. The molecule has 0 spiro atoms. The highest BCUT2D eigenvalue weighted by Crippen LogP contribution is 2.70. The number of benzene rings is 1. The van der Waals surface area contributed by atoms with Gasteiger partial charge in [-0.25, -0.2) is 4.79 Å². The Morgan fingerprint density at radius 1 is 0.700 bits per heavy atom. The van der Waals surface area contributed by atoms with E-state index in [4.69, 9.17) is 52.1 Å². The summed E-state index contributed by atoms with van der Waals surface area (Å²) in [5, 5.41) is 34.5. The molecule has 4 aliphatic carbocycles. The van der Waals surface area contributed by atoms with Crippen molar-refractivity contribution in [1.82, 2.24) is 0 Å². The number of aliphatic hydroxyl groups is 3. The molecule has 3 aliphatic heterocycles. The third kappa shape index (κ3) is 9.93. The van der Waals surface area contributed by atoms with E-state index < -0.39 is 126 Å². The normalized spacial score (nSPS) is 47.2. The van der Waals surface area contributed by atoms with Gasteiger partial charge in [-0.2, -0.15) is 0 Å². The first-order chi connectivity index (χ1) is 33.3. The number of esters is 2. The van der Waals surface area contributed by atoms with E-state index in [1.54, 1.807) is 27.2 Å². The molecule has 4 saturated carbocycles. The van der Waals surface area contributed by atoms with Gasteiger partial charge in [-0.05, 0) is 102 Å². The van der Waals surface area contributed by atoms with Gasteiger partial charge >= 0.3 is 11.9 Å². The van der Waals surface area contributed by atoms with E-state index in [9.17, 15) is 29.7 Å². The fourth-order valence-corrected chi connectivity index (χ4v) is 14.3. The largest absolute Gasteiger partial charge is 0.458 e. The Morgan fingerprint density at radius 2 is 1.34 bits per heavy atom. The van der Waals surface area contributed by atoms with Crippen LogP contribution in [0.15, 0.2) is 36.4 Å². The Hall–Kier alpha value is -2.91. The summed E-state index contributed by atoms with van der Waals surface area (Å²) in [6.07, 6.45) is -3.20. The Labute approximate surface area is 412 Å².